The molecule has 1 aliphatic rings. The van der Waals surface area contributed by atoms with Crippen molar-refractivity contribution in [1.29, 1.82) is 0 Å². The maximum Gasteiger partial charge on any atom is 0.264 e. The van der Waals surface area contributed by atoms with Gasteiger partial charge in [0.2, 0.25) is 5.67 Å². The third-order valence-corrected chi connectivity index (χ3v) is 4.19. The molecule has 6 nitrogen and oxygen atoms in total. The van der Waals surface area contributed by atoms with Crippen LogP contribution in [-0.2, 0) is 4.79 Å². The molecule has 132 valence electrons. The fourth-order valence-electron chi connectivity index (χ4n) is 2.82. The summed E-state index contributed by atoms with van der Waals surface area (Å²) >= 11 is 0. The summed E-state index contributed by atoms with van der Waals surface area (Å²) in [5.41, 5.74) is -1.43. The van der Waals surface area contributed by atoms with Crippen LogP contribution in [0.3, 0.4) is 0 Å². The Morgan fingerprint density at radius 2 is 2.20 bits per heavy atom. The second kappa shape index (κ2) is 6.70. The van der Waals surface area contributed by atoms with Crippen molar-refractivity contribution in [3.8, 4) is 0 Å². The molecule has 0 spiro atoms. The van der Waals surface area contributed by atoms with Gasteiger partial charge in [0.15, 0.2) is 11.6 Å². The number of nitrogens with one attached hydrogen (secondary N) is 1. The Hall–Kier alpha value is -2.64. The lowest BCUT2D eigenvalue weighted by Crippen LogP contribution is -2.41. The molecule has 1 aliphatic heterocycles. The number of rotatable bonds is 4. The SMILES string of the molecule is CC(C)c1ncnc(N2CCC(F)(C(=O)Nc3cccnc3)C2)c1F. The molecule has 3 heterocycles. The fourth-order valence-corrected chi connectivity index (χ4v) is 2.82. The van der Waals surface area contributed by atoms with Crippen LogP contribution in [0.25, 0.3) is 0 Å². The van der Waals surface area contributed by atoms with E-state index in [1.807, 2.05) is 13.8 Å². The summed E-state index contributed by atoms with van der Waals surface area (Å²) in [6.07, 6.45) is 4.22. The van der Waals surface area contributed by atoms with E-state index < -0.39 is 17.4 Å². The van der Waals surface area contributed by atoms with Crippen LogP contribution in [0.4, 0.5) is 20.3 Å². The van der Waals surface area contributed by atoms with Gasteiger partial charge >= 0.3 is 0 Å². The molecule has 1 fully saturated rings. The standard InChI is InChI=1S/C17H19F2N5O/c1-11(2)14-13(18)15(22-10-21-14)24-7-5-17(19,9-24)16(25)23-12-4-3-6-20-8-12/h3-4,6,8,10-11H,5,7,9H2,1-2H3,(H,23,25). The van der Waals surface area contributed by atoms with Crippen molar-refractivity contribution in [2.75, 3.05) is 23.3 Å². The van der Waals surface area contributed by atoms with Crippen LogP contribution in [0.15, 0.2) is 30.9 Å². The molecule has 1 unspecified atom stereocenters. The molecule has 0 radical (unpaired) electrons. The van der Waals surface area contributed by atoms with Crippen molar-refractivity contribution >= 4 is 17.4 Å². The van der Waals surface area contributed by atoms with E-state index in [1.54, 1.807) is 18.3 Å². The van der Waals surface area contributed by atoms with Crippen molar-refractivity contribution in [1.82, 2.24) is 15.0 Å². The Bertz CT molecular complexity index is 771. The van der Waals surface area contributed by atoms with E-state index in [9.17, 15) is 9.18 Å². The number of anilines is 2. The lowest BCUT2D eigenvalue weighted by molar-refractivity contribution is -0.126. The van der Waals surface area contributed by atoms with E-state index >= 15 is 4.39 Å². The second-order valence-electron chi connectivity index (χ2n) is 6.38. The maximum atomic E-state index is 15.1. The Kier molecular flexibility index (Phi) is 4.61. The average Bonchev–Trinajstić information content (AvgIpc) is 2.99. The Morgan fingerprint density at radius 3 is 2.88 bits per heavy atom. The number of alkyl halides is 1. The first-order valence-electron chi connectivity index (χ1n) is 8.06. The highest BCUT2D eigenvalue weighted by Crippen LogP contribution is 2.32. The van der Waals surface area contributed by atoms with Crippen LogP contribution in [0.5, 0.6) is 0 Å². The van der Waals surface area contributed by atoms with Gasteiger partial charge in [-0.05, 0) is 18.1 Å². The van der Waals surface area contributed by atoms with Gasteiger partial charge < -0.3 is 10.2 Å². The molecule has 3 rings (SSSR count). The number of halogens is 2. The summed E-state index contributed by atoms with van der Waals surface area (Å²) in [6, 6.07) is 3.27. The van der Waals surface area contributed by atoms with E-state index in [1.165, 1.54) is 17.4 Å². The van der Waals surface area contributed by atoms with E-state index in [4.69, 9.17) is 0 Å². The van der Waals surface area contributed by atoms with Crippen LogP contribution in [-0.4, -0.2) is 39.6 Å². The molecular weight excluding hydrogens is 328 g/mol. The molecule has 1 N–H and O–H groups in total. The summed E-state index contributed by atoms with van der Waals surface area (Å²) in [5.74, 6) is -1.41. The average molecular weight is 347 g/mol. The third kappa shape index (κ3) is 3.42. The zero-order chi connectivity index (χ0) is 18.0. The van der Waals surface area contributed by atoms with Crippen LogP contribution in [0.2, 0.25) is 0 Å². The van der Waals surface area contributed by atoms with Gasteiger partial charge in [-0.25, -0.2) is 18.7 Å². The molecule has 0 saturated carbocycles. The Balaban J connectivity index is 1.77. The normalized spacial score (nSPS) is 20.1. The van der Waals surface area contributed by atoms with Crippen LogP contribution >= 0.6 is 0 Å². The van der Waals surface area contributed by atoms with Gasteiger partial charge in [-0.3, -0.25) is 9.78 Å². The number of pyridine rings is 1. The lowest BCUT2D eigenvalue weighted by atomic mass is 10.0. The summed E-state index contributed by atoms with van der Waals surface area (Å²) in [6.45, 7) is 3.58. The fraction of sp³-hybridized carbons (Fsp3) is 0.412. The van der Waals surface area contributed by atoms with Crippen LogP contribution in [0.1, 0.15) is 31.9 Å². The zero-order valence-electron chi connectivity index (χ0n) is 14.0. The lowest BCUT2D eigenvalue weighted by Gasteiger charge is -2.22. The zero-order valence-corrected chi connectivity index (χ0v) is 14.0. The number of nitrogens with zero attached hydrogens (tertiary/aromatic N) is 4. The van der Waals surface area contributed by atoms with E-state index in [2.05, 4.69) is 20.3 Å². The minimum absolute atomic E-state index is 0.0346. The van der Waals surface area contributed by atoms with E-state index in [-0.39, 0.29) is 36.9 Å². The molecule has 1 atom stereocenters. The van der Waals surface area contributed by atoms with E-state index in [0.29, 0.717) is 5.69 Å². The van der Waals surface area contributed by atoms with Gasteiger partial charge in [0, 0.05) is 19.2 Å². The molecule has 0 bridgehead atoms. The summed E-state index contributed by atoms with van der Waals surface area (Å²) in [7, 11) is 0. The van der Waals surface area contributed by atoms with Crippen LogP contribution < -0.4 is 10.2 Å². The Morgan fingerprint density at radius 1 is 1.40 bits per heavy atom. The summed E-state index contributed by atoms with van der Waals surface area (Å²) in [4.78, 5) is 25.5. The minimum atomic E-state index is -2.12. The topological polar surface area (TPSA) is 71.0 Å². The van der Waals surface area contributed by atoms with Crippen molar-refractivity contribution in [3.05, 3.63) is 42.4 Å². The number of carbonyl (C=O) groups is 1. The van der Waals surface area contributed by atoms with Gasteiger partial charge in [-0.2, -0.15) is 0 Å². The molecule has 8 heteroatoms. The van der Waals surface area contributed by atoms with Gasteiger partial charge in [-0.15, -0.1) is 0 Å². The first kappa shape index (κ1) is 17.2. The van der Waals surface area contributed by atoms with E-state index in [0.717, 1.165) is 0 Å². The molecule has 25 heavy (non-hydrogen) atoms. The molecule has 0 aromatic carbocycles. The maximum absolute atomic E-state index is 15.1. The number of hydrogen-bond acceptors (Lipinski definition) is 5. The van der Waals surface area contributed by atoms with Crippen molar-refractivity contribution in [3.63, 3.8) is 0 Å². The van der Waals surface area contributed by atoms with Crippen molar-refractivity contribution in [2.24, 2.45) is 0 Å². The highest BCUT2D eigenvalue weighted by Gasteiger charge is 2.46. The summed E-state index contributed by atoms with van der Waals surface area (Å²) in [5, 5.41) is 2.51. The third-order valence-electron chi connectivity index (χ3n) is 4.19. The molecule has 2 aromatic heterocycles. The smallest absolute Gasteiger partial charge is 0.264 e. The molecule has 1 saturated heterocycles. The predicted octanol–water partition coefficient (Wildman–Crippen LogP) is 2.69. The molecule has 1 amide bonds. The van der Waals surface area contributed by atoms with Gasteiger partial charge in [0.25, 0.3) is 5.91 Å². The first-order chi connectivity index (χ1) is 11.9. The van der Waals surface area contributed by atoms with Crippen LogP contribution in [0, 0.1) is 5.82 Å². The quantitative estimate of drug-likeness (QED) is 0.921. The highest BCUT2D eigenvalue weighted by atomic mass is 19.1. The number of aromatic nitrogens is 3. The highest BCUT2D eigenvalue weighted by molar-refractivity contribution is 5.98. The number of amides is 1. The van der Waals surface area contributed by atoms with Gasteiger partial charge in [0.05, 0.1) is 24.1 Å². The molecule has 0 aliphatic carbocycles. The molecular formula is C17H19F2N5O. The van der Waals surface area contributed by atoms with Gasteiger partial charge in [0.1, 0.15) is 6.33 Å². The number of carbonyl (C=O) groups excluding carboxylic acids is 1. The van der Waals surface area contributed by atoms with Crippen molar-refractivity contribution in [2.45, 2.75) is 31.9 Å². The molecule has 2 aromatic rings. The predicted molar refractivity (Wildman–Crippen MR) is 89.6 cm³/mol. The largest absolute Gasteiger partial charge is 0.350 e. The number of hydrogen-bond donors (Lipinski definition) is 1. The first-order valence-corrected chi connectivity index (χ1v) is 8.06. The summed E-state index contributed by atoms with van der Waals surface area (Å²) < 4.78 is 29.7. The van der Waals surface area contributed by atoms with Gasteiger partial charge in [-0.1, -0.05) is 13.8 Å². The monoisotopic (exact) mass is 347 g/mol. The van der Waals surface area contributed by atoms with Crippen molar-refractivity contribution < 1.29 is 13.6 Å². The Labute approximate surface area is 144 Å². The minimum Gasteiger partial charge on any atom is -0.350 e. The second-order valence-corrected chi connectivity index (χ2v) is 6.38.